The van der Waals surface area contributed by atoms with Crippen LogP contribution in [0.3, 0.4) is 0 Å². The fourth-order valence-corrected chi connectivity index (χ4v) is 2.45. The van der Waals surface area contributed by atoms with Crippen molar-refractivity contribution in [2.75, 3.05) is 26.3 Å². The topological polar surface area (TPSA) is 63.9 Å². The summed E-state index contributed by atoms with van der Waals surface area (Å²) < 4.78 is 16.6. The molecule has 1 N–H and O–H groups in total. The first kappa shape index (κ1) is 17.8. The smallest absolute Gasteiger partial charge is 0.410 e. The van der Waals surface area contributed by atoms with Crippen LogP contribution in [0.15, 0.2) is 16.5 Å². The first-order valence-corrected chi connectivity index (χ1v) is 8.24. The Morgan fingerprint density at radius 1 is 1.39 bits per heavy atom. The van der Waals surface area contributed by atoms with E-state index in [9.17, 15) is 4.79 Å². The number of ether oxygens (including phenoxy) is 2. The van der Waals surface area contributed by atoms with Crippen LogP contribution < -0.4 is 5.32 Å². The molecular weight excluding hydrogens is 296 g/mol. The molecule has 6 heteroatoms. The highest BCUT2D eigenvalue weighted by Gasteiger charge is 2.30. The third kappa shape index (κ3) is 5.55. The highest BCUT2D eigenvalue weighted by Crippen LogP contribution is 2.14. The van der Waals surface area contributed by atoms with Crippen LogP contribution in [0.1, 0.15) is 39.2 Å². The molecule has 0 spiro atoms. The molecule has 1 fully saturated rings. The summed E-state index contributed by atoms with van der Waals surface area (Å²) in [6, 6.07) is 3.95. The van der Waals surface area contributed by atoms with Crippen molar-refractivity contribution in [3.05, 3.63) is 23.7 Å². The lowest BCUT2D eigenvalue weighted by Gasteiger charge is -2.36. The van der Waals surface area contributed by atoms with Gasteiger partial charge in [-0.25, -0.2) is 4.79 Å². The molecule has 1 aliphatic rings. The highest BCUT2D eigenvalue weighted by atomic mass is 16.6. The van der Waals surface area contributed by atoms with Crippen molar-refractivity contribution >= 4 is 6.09 Å². The molecule has 0 aromatic carbocycles. The maximum atomic E-state index is 12.3. The zero-order chi connectivity index (χ0) is 16.9. The van der Waals surface area contributed by atoms with Crippen LogP contribution in [-0.2, 0) is 22.4 Å². The van der Waals surface area contributed by atoms with Gasteiger partial charge in [-0.3, -0.25) is 4.90 Å². The molecule has 2 heterocycles. The largest absolute Gasteiger partial charge is 0.465 e. The predicted octanol–water partition coefficient (Wildman–Crippen LogP) is 2.57. The Bertz CT molecular complexity index is 507. The average molecular weight is 324 g/mol. The second-order valence-corrected chi connectivity index (χ2v) is 6.75. The fourth-order valence-electron chi connectivity index (χ4n) is 2.45. The number of amides is 1. The second-order valence-electron chi connectivity index (χ2n) is 6.75. The lowest BCUT2D eigenvalue weighted by Crippen LogP contribution is -2.53. The molecule has 6 nitrogen and oxygen atoms in total. The van der Waals surface area contributed by atoms with Crippen LogP contribution in [0, 0.1) is 0 Å². The third-order valence-corrected chi connectivity index (χ3v) is 3.60. The van der Waals surface area contributed by atoms with Gasteiger partial charge in [0.2, 0.25) is 0 Å². The van der Waals surface area contributed by atoms with Crippen molar-refractivity contribution in [2.24, 2.45) is 0 Å². The summed E-state index contributed by atoms with van der Waals surface area (Å²) in [5, 5.41) is 3.33. The Hall–Kier alpha value is -1.53. The molecule has 0 aliphatic carbocycles. The minimum absolute atomic E-state index is 0.0285. The SMILES string of the molecule is CCc1ccc(CNCC2COCCN2C(=O)OC(C)(C)C)o1. The molecule has 0 bridgehead atoms. The third-order valence-electron chi connectivity index (χ3n) is 3.60. The van der Waals surface area contributed by atoms with E-state index in [1.807, 2.05) is 32.9 Å². The van der Waals surface area contributed by atoms with Gasteiger partial charge in [-0.1, -0.05) is 6.92 Å². The Balaban J connectivity index is 1.84. The van der Waals surface area contributed by atoms with E-state index in [1.54, 1.807) is 4.90 Å². The van der Waals surface area contributed by atoms with Crippen molar-refractivity contribution in [2.45, 2.75) is 52.3 Å². The van der Waals surface area contributed by atoms with Gasteiger partial charge in [0.1, 0.15) is 17.1 Å². The van der Waals surface area contributed by atoms with Gasteiger partial charge < -0.3 is 19.2 Å². The summed E-state index contributed by atoms with van der Waals surface area (Å²) in [6.45, 7) is 10.6. The van der Waals surface area contributed by atoms with Crippen molar-refractivity contribution in [1.29, 1.82) is 0 Å². The van der Waals surface area contributed by atoms with E-state index in [0.29, 0.717) is 32.8 Å². The van der Waals surface area contributed by atoms with Crippen LogP contribution >= 0.6 is 0 Å². The van der Waals surface area contributed by atoms with Crippen molar-refractivity contribution in [3.8, 4) is 0 Å². The van der Waals surface area contributed by atoms with E-state index in [1.165, 1.54) is 0 Å². The molecule has 1 amide bonds. The summed E-state index contributed by atoms with van der Waals surface area (Å²) >= 11 is 0. The van der Waals surface area contributed by atoms with Crippen LogP contribution in [-0.4, -0.2) is 48.9 Å². The molecule has 1 aromatic rings. The van der Waals surface area contributed by atoms with E-state index in [4.69, 9.17) is 13.9 Å². The number of hydrogen-bond acceptors (Lipinski definition) is 5. The summed E-state index contributed by atoms with van der Waals surface area (Å²) in [6.07, 6.45) is 0.613. The van der Waals surface area contributed by atoms with Gasteiger partial charge in [-0.15, -0.1) is 0 Å². The predicted molar refractivity (Wildman–Crippen MR) is 87.3 cm³/mol. The minimum atomic E-state index is -0.488. The lowest BCUT2D eigenvalue weighted by molar-refractivity contribution is -0.0318. The monoisotopic (exact) mass is 324 g/mol. The number of carbonyl (C=O) groups excluding carboxylic acids is 1. The number of morpholine rings is 1. The van der Waals surface area contributed by atoms with Crippen molar-refractivity contribution in [3.63, 3.8) is 0 Å². The molecule has 1 aliphatic heterocycles. The molecule has 130 valence electrons. The molecule has 2 rings (SSSR count). The van der Waals surface area contributed by atoms with Gasteiger partial charge in [0.25, 0.3) is 0 Å². The zero-order valence-electron chi connectivity index (χ0n) is 14.6. The minimum Gasteiger partial charge on any atom is -0.465 e. The summed E-state index contributed by atoms with van der Waals surface area (Å²) in [5.41, 5.74) is -0.488. The number of rotatable bonds is 5. The summed E-state index contributed by atoms with van der Waals surface area (Å²) in [7, 11) is 0. The number of hydrogen-bond donors (Lipinski definition) is 1. The average Bonchev–Trinajstić information content (AvgIpc) is 2.94. The van der Waals surface area contributed by atoms with Crippen LogP contribution in [0.4, 0.5) is 4.79 Å². The number of aryl methyl sites for hydroxylation is 1. The maximum absolute atomic E-state index is 12.3. The number of nitrogens with zero attached hydrogens (tertiary/aromatic N) is 1. The van der Waals surface area contributed by atoms with Crippen molar-refractivity contribution < 1.29 is 18.7 Å². The molecule has 0 radical (unpaired) electrons. The Labute approximate surface area is 138 Å². The first-order chi connectivity index (χ1) is 10.9. The normalized spacial score (nSPS) is 19.0. The van der Waals surface area contributed by atoms with Gasteiger partial charge in [0, 0.05) is 19.5 Å². The Morgan fingerprint density at radius 3 is 2.78 bits per heavy atom. The highest BCUT2D eigenvalue weighted by molar-refractivity contribution is 5.68. The first-order valence-electron chi connectivity index (χ1n) is 8.24. The van der Waals surface area contributed by atoms with E-state index in [2.05, 4.69) is 12.2 Å². The van der Waals surface area contributed by atoms with Crippen LogP contribution in [0.2, 0.25) is 0 Å². The fraction of sp³-hybridized carbons (Fsp3) is 0.706. The van der Waals surface area contributed by atoms with Crippen LogP contribution in [0.25, 0.3) is 0 Å². The molecule has 1 unspecified atom stereocenters. The van der Waals surface area contributed by atoms with Gasteiger partial charge in [0.05, 0.1) is 25.8 Å². The quantitative estimate of drug-likeness (QED) is 0.902. The van der Waals surface area contributed by atoms with Gasteiger partial charge in [-0.05, 0) is 32.9 Å². The molecule has 23 heavy (non-hydrogen) atoms. The van der Waals surface area contributed by atoms with Gasteiger partial charge in [-0.2, -0.15) is 0 Å². The molecule has 1 atom stereocenters. The molecule has 1 aromatic heterocycles. The maximum Gasteiger partial charge on any atom is 0.410 e. The molecule has 1 saturated heterocycles. The van der Waals surface area contributed by atoms with Crippen molar-refractivity contribution in [1.82, 2.24) is 10.2 Å². The van der Waals surface area contributed by atoms with Crippen LogP contribution in [0.5, 0.6) is 0 Å². The standard InChI is InChI=1S/C17H28N2O4/c1-5-14-6-7-15(22-14)11-18-10-13-12-21-9-8-19(13)16(20)23-17(2,3)4/h6-7,13,18H,5,8-12H2,1-4H3. The van der Waals surface area contributed by atoms with E-state index < -0.39 is 5.60 Å². The van der Waals surface area contributed by atoms with E-state index in [-0.39, 0.29) is 12.1 Å². The summed E-state index contributed by atoms with van der Waals surface area (Å²) in [5.74, 6) is 1.89. The second kappa shape index (κ2) is 7.84. The van der Waals surface area contributed by atoms with Gasteiger partial charge in [0.15, 0.2) is 0 Å². The number of carbonyl (C=O) groups is 1. The summed E-state index contributed by atoms with van der Waals surface area (Å²) in [4.78, 5) is 14.1. The Kier molecular flexibility index (Phi) is 6.07. The van der Waals surface area contributed by atoms with E-state index >= 15 is 0 Å². The lowest BCUT2D eigenvalue weighted by atomic mass is 10.2. The molecule has 0 saturated carbocycles. The number of nitrogens with one attached hydrogen (secondary N) is 1. The zero-order valence-corrected chi connectivity index (χ0v) is 14.6. The van der Waals surface area contributed by atoms with Gasteiger partial charge >= 0.3 is 6.09 Å². The molecular formula is C17H28N2O4. The number of furan rings is 1. The van der Waals surface area contributed by atoms with E-state index in [0.717, 1.165) is 17.9 Å². The Morgan fingerprint density at radius 2 is 2.13 bits per heavy atom.